The topological polar surface area (TPSA) is 54.5 Å². The molecule has 5 heteroatoms. The van der Waals surface area contributed by atoms with Crippen molar-refractivity contribution < 1.29 is 9.53 Å². The monoisotopic (exact) mass is 407 g/mol. The predicted molar refractivity (Wildman–Crippen MR) is 120 cm³/mol. The Hall–Kier alpha value is -2.56. The fourth-order valence-corrected chi connectivity index (χ4v) is 5.01. The van der Waals surface area contributed by atoms with Crippen LogP contribution in [0.5, 0.6) is 0 Å². The molecule has 1 N–H and O–H groups in total. The molecule has 0 bridgehead atoms. The average molecular weight is 408 g/mol. The van der Waals surface area contributed by atoms with Gasteiger partial charge in [0.15, 0.2) is 0 Å². The highest BCUT2D eigenvalue weighted by Crippen LogP contribution is 2.52. The number of pyridine rings is 1. The van der Waals surface area contributed by atoms with Crippen LogP contribution in [0.25, 0.3) is 0 Å². The van der Waals surface area contributed by atoms with Gasteiger partial charge in [0, 0.05) is 24.7 Å². The van der Waals surface area contributed by atoms with E-state index in [1.165, 1.54) is 22.3 Å². The number of alkyl carbamates (subject to hydrolysis) is 1. The summed E-state index contributed by atoms with van der Waals surface area (Å²) in [6.07, 6.45) is 4.59. The maximum absolute atomic E-state index is 12.7. The minimum absolute atomic E-state index is 0.0164. The van der Waals surface area contributed by atoms with E-state index in [2.05, 4.69) is 59.4 Å². The molecule has 1 atom stereocenters. The molecule has 4 rings (SSSR count). The second-order valence-electron chi connectivity index (χ2n) is 9.88. The molecule has 160 valence electrons. The van der Waals surface area contributed by atoms with E-state index in [1.807, 2.05) is 27.0 Å². The highest BCUT2D eigenvalue weighted by atomic mass is 16.6. The van der Waals surface area contributed by atoms with E-state index in [9.17, 15) is 4.79 Å². The van der Waals surface area contributed by atoms with Crippen LogP contribution in [0.15, 0.2) is 36.5 Å². The van der Waals surface area contributed by atoms with Crippen molar-refractivity contribution in [1.29, 1.82) is 0 Å². The Morgan fingerprint density at radius 1 is 1.17 bits per heavy atom. The minimum Gasteiger partial charge on any atom is -0.444 e. The number of carbonyl (C=O) groups is 1. The van der Waals surface area contributed by atoms with Gasteiger partial charge in [-0.15, -0.1) is 0 Å². The van der Waals surface area contributed by atoms with Gasteiger partial charge in [0.25, 0.3) is 0 Å². The number of piperidine rings is 1. The van der Waals surface area contributed by atoms with Gasteiger partial charge in [-0.3, -0.25) is 0 Å². The van der Waals surface area contributed by atoms with Crippen LogP contribution in [-0.4, -0.2) is 29.8 Å². The number of hydrogen-bond acceptors (Lipinski definition) is 4. The van der Waals surface area contributed by atoms with E-state index in [0.29, 0.717) is 0 Å². The zero-order valence-electron chi connectivity index (χ0n) is 18.8. The number of nitrogens with zero attached hydrogens (tertiary/aromatic N) is 2. The number of rotatable bonds is 2. The molecule has 2 aromatic rings. The van der Waals surface area contributed by atoms with Gasteiger partial charge >= 0.3 is 6.09 Å². The number of nitrogens with one attached hydrogen (secondary N) is 1. The number of ether oxygens (including phenoxy) is 1. The molecule has 0 radical (unpaired) electrons. The summed E-state index contributed by atoms with van der Waals surface area (Å²) in [4.78, 5) is 19.7. The summed E-state index contributed by atoms with van der Waals surface area (Å²) >= 11 is 0. The van der Waals surface area contributed by atoms with Crippen molar-refractivity contribution in [3.05, 3.63) is 58.8 Å². The summed E-state index contributed by atoms with van der Waals surface area (Å²) in [5.41, 5.74) is 4.63. The van der Waals surface area contributed by atoms with E-state index >= 15 is 0 Å². The van der Waals surface area contributed by atoms with E-state index in [0.717, 1.165) is 38.2 Å². The van der Waals surface area contributed by atoms with Gasteiger partial charge in [-0.2, -0.15) is 0 Å². The third-order valence-electron chi connectivity index (χ3n) is 6.69. The summed E-state index contributed by atoms with van der Waals surface area (Å²) in [5, 5.41) is 3.23. The van der Waals surface area contributed by atoms with Crippen LogP contribution in [0.4, 0.5) is 10.6 Å². The molecular formula is C25H33N3O2. The first kappa shape index (κ1) is 20.7. The molecule has 1 aliphatic carbocycles. The molecule has 0 unspecified atom stereocenters. The lowest BCUT2D eigenvalue weighted by atomic mass is 9.72. The summed E-state index contributed by atoms with van der Waals surface area (Å²) in [7, 11) is 0. The summed E-state index contributed by atoms with van der Waals surface area (Å²) in [6, 6.07) is 10.6. The quantitative estimate of drug-likeness (QED) is 0.752. The molecule has 5 nitrogen and oxygen atoms in total. The van der Waals surface area contributed by atoms with Crippen LogP contribution < -0.4 is 10.2 Å². The maximum atomic E-state index is 12.7. The van der Waals surface area contributed by atoms with Crippen LogP contribution in [0.1, 0.15) is 61.9 Å². The van der Waals surface area contributed by atoms with Crippen LogP contribution >= 0.6 is 0 Å². The number of aromatic nitrogens is 1. The van der Waals surface area contributed by atoms with E-state index < -0.39 is 5.60 Å². The second kappa shape index (κ2) is 7.60. The standard InChI is InChI=1S/C25H33N3O2/c1-17-10-13-26-22(18(17)2)28-14-11-25(12-15-28)16-19-8-6-7-9-20(19)21(25)27-23(29)30-24(3,4)5/h6-10,13,21H,11-12,14-16H2,1-5H3,(H,27,29)/t21-/m1/s1. The SMILES string of the molecule is Cc1ccnc(N2CCC3(CC2)Cc2ccccc2[C@H]3NC(=O)OC(C)(C)C)c1C. The summed E-state index contributed by atoms with van der Waals surface area (Å²) < 4.78 is 5.60. The number of fused-ring (bicyclic) bond motifs is 1. The third-order valence-corrected chi connectivity index (χ3v) is 6.69. The Labute approximate surface area is 179 Å². The largest absolute Gasteiger partial charge is 0.444 e. The molecule has 30 heavy (non-hydrogen) atoms. The molecule has 0 saturated carbocycles. The lowest BCUT2D eigenvalue weighted by Crippen LogP contribution is -2.48. The van der Waals surface area contributed by atoms with Gasteiger partial charge < -0.3 is 15.0 Å². The lowest BCUT2D eigenvalue weighted by Gasteiger charge is -2.44. The zero-order chi connectivity index (χ0) is 21.5. The minimum atomic E-state index is -0.507. The zero-order valence-corrected chi connectivity index (χ0v) is 18.8. The van der Waals surface area contributed by atoms with Crippen molar-refractivity contribution in [1.82, 2.24) is 10.3 Å². The third kappa shape index (κ3) is 3.90. The van der Waals surface area contributed by atoms with Gasteiger partial charge in [0.2, 0.25) is 0 Å². The van der Waals surface area contributed by atoms with E-state index in [-0.39, 0.29) is 17.6 Å². The van der Waals surface area contributed by atoms with Gasteiger partial charge in [-0.05, 0) is 82.2 Å². The number of amides is 1. The van der Waals surface area contributed by atoms with Crippen molar-refractivity contribution in [2.24, 2.45) is 5.41 Å². The number of anilines is 1. The summed E-state index contributed by atoms with van der Waals surface area (Å²) in [5.74, 6) is 1.09. The first-order chi connectivity index (χ1) is 14.2. The average Bonchev–Trinajstić information content (AvgIpc) is 2.96. The summed E-state index contributed by atoms with van der Waals surface area (Å²) in [6.45, 7) is 11.9. The number of carbonyl (C=O) groups excluding carboxylic acids is 1. The maximum Gasteiger partial charge on any atom is 0.408 e. The van der Waals surface area contributed by atoms with Crippen molar-refractivity contribution in [3.8, 4) is 0 Å². The normalized spacial score (nSPS) is 20.2. The molecule has 1 aromatic carbocycles. The Morgan fingerprint density at radius 3 is 2.57 bits per heavy atom. The fraction of sp³-hybridized carbons (Fsp3) is 0.520. The fourth-order valence-electron chi connectivity index (χ4n) is 5.01. The second-order valence-corrected chi connectivity index (χ2v) is 9.88. The predicted octanol–water partition coefficient (Wildman–Crippen LogP) is 5.11. The Kier molecular flexibility index (Phi) is 5.25. The molecule has 1 aliphatic heterocycles. The van der Waals surface area contributed by atoms with Crippen LogP contribution in [0.3, 0.4) is 0 Å². The molecule has 2 heterocycles. The Bertz CT molecular complexity index is 940. The molecule has 1 spiro atoms. The molecule has 1 amide bonds. The Balaban J connectivity index is 1.56. The van der Waals surface area contributed by atoms with Crippen LogP contribution in [0.2, 0.25) is 0 Å². The highest BCUT2D eigenvalue weighted by molar-refractivity contribution is 5.69. The van der Waals surface area contributed by atoms with Gasteiger partial charge in [0.05, 0.1) is 6.04 Å². The number of hydrogen-bond donors (Lipinski definition) is 1. The van der Waals surface area contributed by atoms with Crippen LogP contribution in [-0.2, 0) is 11.2 Å². The van der Waals surface area contributed by atoms with Gasteiger partial charge in [-0.1, -0.05) is 24.3 Å². The lowest BCUT2D eigenvalue weighted by molar-refractivity contribution is 0.0428. The number of benzene rings is 1. The van der Waals surface area contributed by atoms with Crippen molar-refractivity contribution in [2.75, 3.05) is 18.0 Å². The van der Waals surface area contributed by atoms with Crippen LogP contribution in [0, 0.1) is 19.3 Å². The van der Waals surface area contributed by atoms with E-state index in [4.69, 9.17) is 4.74 Å². The van der Waals surface area contributed by atoms with Crippen molar-refractivity contribution in [3.63, 3.8) is 0 Å². The molecule has 1 aromatic heterocycles. The first-order valence-electron chi connectivity index (χ1n) is 10.9. The number of aryl methyl sites for hydroxylation is 1. The van der Waals surface area contributed by atoms with Crippen molar-refractivity contribution >= 4 is 11.9 Å². The smallest absolute Gasteiger partial charge is 0.408 e. The molecular weight excluding hydrogens is 374 g/mol. The molecule has 1 saturated heterocycles. The Morgan fingerprint density at radius 2 is 1.87 bits per heavy atom. The van der Waals surface area contributed by atoms with Gasteiger partial charge in [0.1, 0.15) is 11.4 Å². The highest BCUT2D eigenvalue weighted by Gasteiger charge is 2.48. The molecule has 1 fully saturated rings. The first-order valence-corrected chi connectivity index (χ1v) is 10.9. The van der Waals surface area contributed by atoms with Crippen molar-refractivity contribution in [2.45, 2.75) is 65.5 Å². The molecule has 2 aliphatic rings. The van der Waals surface area contributed by atoms with Gasteiger partial charge in [-0.25, -0.2) is 9.78 Å². The van der Waals surface area contributed by atoms with E-state index in [1.54, 1.807) is 0 Å².